The van der Waals surface area contributed by atoms with E-state index in [2.05, 4.69) is 37.7 Å². The summed E-state index contributed by atoms with van der Waals surface area (Å²) in [6, 6.07) is 0. The molecule has 0 amide bonds. The van der Waals surface area contributed by atoms with E-state index in [9.17, 15) is 0 Å². The standard InChI is InChI=1S/C16H30N4/c1-11-6-12(2)9-20(8-11)10-15(7-17)16-13(3)18-19(5)14(16)4/h11-12,15H,6-10,17H2,1-5H3. The summed E-state index contributed by atoms with van der Waals surface area (Å²) in [6.45, 7) is 13.2. The molecule has 4 nitrogen and oxygen atoms in total. The van der Waals surface area contributed by atoms with Gasteiger partial charge in [0.25, 0.3) is 0 Å². The second-order valence-corrected chi connectivity index (χ2v) is 6.81. The van der Waals surface area contributed by atoms with Crippen LogP contribution in [0.4, 0.5) is 0 Å². The van der Waals surface area contributed by atoms with Gasteiger partial charge in [-0.05, 0) is 32.1 Å². The van der Waals surface area contributed by atoms with Gasteiger partial charge in [0.05, 0.1) is 5.69 Å². The number of aromatic nitrogens is 2. The largest absolute Gasteiger partial charge is 0.330 e. The Morgan fingerprint density at radius 1 is 1.25 bits per heavy atom. The van der Waals surface area contributed by atoms with Gasteiger partial charge in [0.2, 0.25) is 0 Å². The van der Waals surface area contributed by atoms with Gasteiger partial charge in [-0.25, -0.2) is 0 Å². The van der Waals surface area contributed by atoms with Gasteiger partial charge in [0.15, 0.2) is 0 Å². The molecule has 1 aliphatic rings. The Morgan fingerprint density at radius 3 is 2.30 bits per heavy atom. The van der Waals surface area contributed by atoms with Crippen LogP contribution in [0.2, 0.25) is 0 Å². The van der Waals surface area contributed by atoms with Crippen LogP contribution in [0, 0.1) is 25.7 Å². The van der Waals surface area contributed by atoms with Crippen LogP contribution >= 0.6 is 0 Å². The van der Waals surface area contributed by atoms with E-state index in [1.165, 1.54) is 30.8 Å². The monoisotopic (exact) mass is 278 g/mol. The Balaban J connectivity index is 2.12. The average Bonchev–Trinajstić information content (AvgIpc) is 2.60. The average molecular weight is 278 g/mol. The molecule has 0 spiro atoms. The molecule has 1 aromatic heterocycles. The molecule has 2 heterocycles. The molecule has 114 valence electrons. The lowest BCUT2D eigenvalue weighted by atomic mass is 9.89. The molecule has 2 N–H and O–H groups in total. The first-order chi connectivity index (χ1) is 9.42. The summed E-state index contributed by atoms with van der Waals surface area (Å²) in [5, 5.41) is 4.55. The Kier molecular flexibility index (Phi) is 4.86. The topological polar surface area (TPSA) is 47.1 Å². The molecule has 0 saturated carbocycles. The molecule has 0 aromatic carbocycles. The fourth-order valence-corrected chi connectivity index (χ4v) is 3.92. The van der Waals surface area contributed by atoms with Crippen LogP contribution in [-0.2, 0) is 7.05 Å². The molecule has 3 unspecified atom stereocenters. The third-order valence-electron chi connectivity index (χ3n) is 4.68. The first kappa shape index (κ1) is 15.5. The molecule has 1 fully saturated rings. The molecule has 0 radical (unpaired) electrons. The zero-order valence-electron chi connectivity index (χ0n) is 13.7. The van der Waals surface area contributed by atoms with Gasteiger partial charge in [-0.15, -0.1) is 0 Å². The summed E-state index contributed by atoms with van der Waals surface area (Å²) < 4.78 is 1.98. The molecular formula is C16H30N4. The van der Waals surface area contributed by atoms with Crippen LogP contribution in [-0.4, -0.2) is 40.9 Å². The summed E-state index contributed by atoms with van der Waals surface area (Å²) in [5.41, 5.74) is 9.83. The molecule has 1 saturated heterocycles. The van der Waals surface area contributed by atoms with Crippen molar-refractivity contribution in [2.75, 3.05) is 26.2 Å². The quantitative estimate of drug-likeness (QED) is 0.917. The maximum absolute atomic E-state index is 6.07. The van der Waals surface area contributed by atoms with Crippen LogP contribution in [0.1, 0.15) is 43.1 Å². The lowest BCUT2D eigenvalue weighted by molar-refractivity contribution is 0.134. The van der Waals surface area contributed by atoms with Crippen LogP contribution in [0.5, 0.6) is 0 Å². The Labute approximate surface area is 123 Å². The van der Waals surface area contributed by atoms with E-state index < -0.39 is 0 Å². The maximum atomic E-state index is 6.07. The fourth-order valence-electron chi connectivity index (χ4n) is 3.92. The Bertz CT molecular complexity index is 442. The predicted molar refractivity (Wildman–Crippen MR) is 83.9 cm³/mol. The molecular weight excluding hydrogens is 248 g/mol. The highest BCUT2D eigenvalue weighted by atomic mass is 15.3. The van der Waals surface area contributed by atoms with Crippen LogP contribution < -0.4 is 5.73 Å². The zero-order chi connectivity index (χ0) is 14.9. The molecule has 0 aliphatic carbocycles. The van der Waals surface area contributed by atoms with E-state index in [-0.39, 0.29) is 0 Å². The second-order valence-electron chi connectivity index (χ2n) is 6.81. The van der Waals surface area contributed by atoms with E-state index in [0.29, 0.717) is 12.5 Å². The molecule has 2 rings (SSSR count). The Morgan fingerprint density at radius 2 is 1.85 bits per heavy atom. The van der Waals surface area contributed by atoms with Gasteiger partial charge in [-0.3, -0.25) is 4.68 Å². The van der Waals surface area contributed by atoms with Crippen LogP contribution in [0.15, 0.2) is 0 Å². The zero-order valence-corrected chi connectivity index (χ0v) is 13.7. The van der Waals surface area contributed by atoms with Crippen LogP contribution in [0.25, 0.3) is 0 Å². The van der Waals surface area contributed by atoms with Crippen molar-refractivity contribution in [3.05, 3.63) is 17.0 Å². The fraction of sp³-hybridized carbons (Fsp3) is 0.812. The van der Waals surface area contributed by atoms with Gasteiger partial charge in [0.1, 0.15) is 0 Å². The smallest absolute Gasteiger partial charge is 0.0632 e. The lowest BCUT2D eigenvalue weighted by Gasteiger charge is -2.37. The van der Waals surface area contributed by atoms with E-state index in [0.717, 1.165) is 24.1 Å². The second kappa shape index (κ2) is 6.27. The minimum absolute atomic E-state index is 0.404. The highest BCUT2D eigenvalue weighted by molar-refractivity contribution is 5.29. The van der Waals surface area contributed by atoms with Crippen molar-refractivity contribution < 1.29 is 0 Å². The number of hydrogen-bond donors (Lipinski definition) is 1. The van der Waals surface area contributed by atoms with Crippen molar-refractivity contribution in [3.63, 3.8) is 0 Å². The number of aryl methyl sites for hydroxylation is 2. The highest BCUT2D eigenvalue weighted by Gasteiger charge is 2.26. The number of piperidine rings is 1. The number of rotatable bonds is 4. The lowest BCUT2D eigenvalue weighted by Crippen LogP contribution is -2.42. The van der Waals surface area contributed by atoms with Crippen molar-refractivity contribution in [2.24, 2.45) is 24.6 Å². The summed E-state index contributed by atoms with van der Waals surface area (Å²) in [6.07, 6.45) is 1.36. The van der Waals surface area contributed by atoms with Gasteiger partial charge in [-0.2, -0.15) is 5.10 Å². The van der Waals surface area contributed by atoms with Crippen LogP contribution in [0.3, 0.4) is 0 Å². The molecule has 20 heavy (non-hydrogen) atoms. The van der Waals surface area contributed by atoms with Crippen molar-refractivity contribution in [1.82, 2.24) is 14.7 Å². The molecule has 1 aromatic rings. The van der Waals surface area contributed by atoms with Gasteiger partial charge >= 0.3 is 0 Å². The maximum Gasteiger partial charge on any atom is 0.0632 e. The minimum Gasteiger partial charge on any atom is -0.330 e. The van der Waals surface area contributed by atoms with E-state index >= 15 is 0 Å². The van der Waals surface area contributed by atoms with E-state index in [1.807, 2.05) is 11.7 Å². The van der Waals surface area contributed by atoms with Crippen molar-refractivity contribution in [1.29, 1.82) is 0 Å². The normalized spacial score (nSPS) is 25.9. The summed E-state index contributed by atoms with van der Waals surface area (Å²) >= 11 is 0. The van der Waals surface area contributed by atoms with Gasteiger partial charge < -0.3 is 10.6 Å². The molecule has 0 bridgehead atoms. The Hall–Kier alpha value is -0.870. The number of nitrogens with zero attached hydrogens (tertiary/aromatic N) is 3. The van der Waals surface area contributed by atoms with Crippen molar-refractivity contribution in [3.8, 4) is 0 Å². The number of nitrogens with two attached hydrogens (primary N) is 1. The first-order valence-corrected chi connectivity index (χ1v) is 7.84. The van der Waals surface area contributed by atoms with Crippen molar-refractivity contribution >= 4 is 0 Å². The first-order valence-electron chi connectivity index (χ1n) is 7.84. The third kappa shape index (κ3) is 3.23. The number of likely N-dealkylation sites (tertiary alicyclic amines) is 1. The van der Waals surface area contributed by atoms with E-state index in [4.69, 9.17) is 5.73 Å². The number of hydrogen-bond acceptors (Lipinski definition) is 3. The van der Waals surface area contributed by atoms with Crippen molar-refractivity contribution in [2.45, 2.75) is 40.0 Å². The van der Waals surface area contributed by atoms with E-state index in [1.54, 1.807) is 0 Å². The third-order valence-corrected chi connectivity index (χ3v) is 4.68. The van der Waals surface area contributed by atoms with Gasteiger partial charge in [0, 0.05) is 50.4 Å². The SMILES string of the molecule is Cc1nn(C)c(C)c1C(CN)CN1CC(C)CC(C)C1. The summed E-state index contributed by atoms with van der Waals surface area (Å²) in [4.78, 5) is 2.60. The predicted octanol–water partition coefficient (Wildman–Crippen LogP) is 2.06. The molecule has 3 atom stereocenters. The summed E-state index contributed by atoms with van der Waals surface area (Å²) in [7, 11) is 2.02. The highest BCUT2D eigenvalue weighted by Crippen LogP contribution is 2.27. The molecule has 1 aliphatic heterocycles. The molecule has 4 heteroatoms. The summed E-state index contributed by atoms with van der Waals surface area (Å²) in [5.74, 6) is 2.00. The van der Waals surface area contributed by atoms with Gasteiger partial charge in [-0.1, -0.05) is 13.8 Å². The minimum atomic E-state index is 0.404.